The molecule has 1 aliphatic rings. The summed E-state index contributed by atoms with van der Waals surface area (Å²) < 4.78 is 1.29. The molecular weight excluding hydrogens is 408 g/mol. The first-order valence-electron chi connectivity index (χ1n) is 9.46. The summed E-state index contributed by atoms with van der Waals surface area (Å²) in [6.07, 6.45) is 0. The number of benzene rings is 1. The average molecular weight is 429 g/mol. The van der Waals surface area contributed by atoms with Gasteiger partial charge in [0.25, 0.3) is 5.56 Å². The van der Waals surface area contributed by atoms with Gasteiger partial charge in [-0.3, -0.25) is 9.59 Å². The van der Waals surface area contributed by atoms with E-state index in [4.69, 9.17) is 11.6 Å². The lowest BCUT2D eigenvalue weighted by Crippen LogP contribution is -2.51. The molecule has 1 aromatic carbocycles. The number of carbonyl (C=O) groups is 1. The van der Waals surface area contributed by atoms with E-state index in [9.17, 15) is 9.59 Å². The van der Waals surface area contributed by atoms with E-state index in [2.05, 4.69) is 10.00 Å². The van der Waals surface area contributed by atoms with Crippen LogP contribution < -0.4 is 10.5 Å². The first-order chi connectivity index (χ1) is 14.0. The predicted molar refractivity (Wildman–Crippen MR) is 117 cm³/mol. The first kappa shape index (κ1) is 19.7. The molecule has 1 amide bonds. The molecule has 2 aromatic heterocycles. The summed E-state index contributed by atoms with van der Waals surface area (Å²) in [7, 11) is 0. The van der Waals surface area contributed by atoms with Crippen LogP contribution in [0.3, 0.4) is 0 Å². The standard InChI is InChI=1S/C21H21ClN4O2S/c1-15(26-20(27)9-8-18(23-26)19-3-2-14-29-19)21(28)25-12-10-24(11-13-25)17-6-4-16(22)5-7-17/h2-9,14-15H,10-13H2,1H3. The van der Waals surface area contributed by atoms with Crippen molar-refractivity contribution in [3.63, 3.8) is 0 Å². The third-order valence-electron chi connectivity index (χ3n) is 5.11. The zero-order chi connectivity index (χ0) is 20.4. The van der Waals surface area contributed by atoms with Gasteiger partial charge in [0.05, 0.1) is 4.88 Å². The Hall–Kier alpha value is -2.64. The van der Waals surface area contributed by atoms with Gasteiger partial charge >= 0.3 is 0 Å². The molecule has 0 radical (unpaired) electrons. The van der Waals surface area contributed by atoms with Crippen molar-refractivity contribution in [3.05, 3.63) is 69.3 Å². The van der Waals surface area contributed by atoms with Gasteiger partial charge < -0.3 is 9.80 Å². The van der Waals surface area contributed by atoms with Crippen LogP contribution in [0, 0.1) is 0 Å². The Morgan fingerprint density at radius 1 is 1.07 bits per heavy atom. The molecule has 3 aromatic rings. The smallest absolute Gasteiger partial charge is 0.267 e. The molecule has 1 fully saturated rings. The number of thiophene rings is 1. The number of amides is 1. The zero-order valence-electron chi connectivity index (χ0n) is 16.0. The molecule has 1 atom stereocenters. The molecule has 29 heavy (non-hydrogen) atoms. The number of hydrogen-bond acceptors (Lipinski definition) is 5. The van der Waals surface area contributed by atoms with Gasteiger partial charge in [0, 0.05) is 43.0 Å². The van der Waals surface area contributed by atoms with Gasteiger partial charge in [0.1, 0.15) is 11.7 Å². The molecule has 4 rings (SSSR count). The number of carbonyl (C=O) groups excluding carboxylic acids is 1. The monoisotopic (exact) mass is 428 g/mol. The van der Waals surface area contributed by atoms with Gasteiger partial charge in [-0.05, 0) is 48.7 Å². The summed E-state index contributed by atoms with van der Waals surface area (Å²) >= 11 is 7.51. The van der Waals surface area contributed by atoms with Gasteiger partial charge in [0.2, 0.25) is 5.91 Å². The fourth-order valence-corrected chi connectivity index (χ4v) is 4.28. The van der Waals surface area contributed by atoms with Gasteiger partial charge in [-0.15, -0.1) is 11.3 Å². The molecular formula is C21H21ClN4O2S. The van der Waals surface area contributed by atoms with Gasteiger partial charge in [-0.2, -0.15) is 5.10 Å². The van der Waals surface area contributed by atoms with Crippen molar-refractivity contribution in [1.82, 2.24) is 14.7 Å². The maximum atomic E-state index is 13.0. The van der Waals surface area contributed by atoms with E-state index in [0.29, 0.717) is 23.8 Å². The van der Waals surface area contributed by atoms with E-state index < -0.39 is 6.04 Å². The van der Waals surface area contributed by atoms with Crippen molar-refractivity contribution >= 4 is 34.5 Å². The van der Waals surface area contributed by atoms with Crippen LogP contribution in [0.2, 0.25) is 5.02 Å². The molecule has 150 valence electrons. The highest BCUT2D eigenvalue weighted by Crippen LogP contribution is 2.23. The Bertz CT molecular complexity index is 1040. The fraction of sp³-hybridized carbons (Fsp3) is 0.286. The number of piperazine rings is 1. The topological polar surface area (TPSA) is 58.4 Å². The van der Waals surface area contributed by atoms with E-state index in [1.807, 2.05) is 46.7 Å². The van der Waals surface area contributed by atoms with Crippen molar-refractivity contribution in [2.75, 3.05) is 31.1 Å². The lowest BCUT2D eigenvalue weighted by Gasteiger charge is -2.37. The predicted octanol–water partition coefficient (Wildman–Crippen LogP) is 3.54. The van der Waals surface area contributed by atoms with Gasteiger partial charge in [-0.1, -0.05) is 17.7 Å². The van der Waals surface area contributed by atoms with E-state index in [1.165, 1.54) is 10.7 Å². The third-order valence-corrected chi connectivity index (χ3v) is 6.25. The van der Waals surface area contributed by atoms with Gasteiger partial charge in [0.15, 0.2) is 0 Å². The van der Waals surface area contributed by atoms with E-state index >= 15 is 0 Å². The van der Waals surface area contributed by atoms with Crippen molar-refractivity contribution in [2.24, 2.45) is 0 Å². The highest BCUT2D eigenvalue weighted by atomic mass is 35.5. The minimum Gasteiger partial charge on any atom is -0.368 e. The van der Waals surface area contributed by atoms with E-state index in [1.54, 1.807) is 24.3 Å². The molecule has 0 saturated carbocycles. The molecule has 0 bridgehead atoms. The second-order valence-electron chi connectivity index (χ2n) is 6.94. The number of aromatic nitrogens is 2. The minimum atomic E-state index is -0.649. The first-order valence-corrected chi connectivity index (χ1v) is 10.7. The molecule has 8 heteroatoms. The lowest BCUT2D eigenvalue weighted by atomic mass is 10.2. The normalized spacial score (nSPS) is 15.4. The van der Waals surface area contributed by atoms with Crippen LogP contribution in [0.5, 0.6) is 0 Å². The van der Waals surface area contributed by atoms with Crippen LogP contribution in [0.4, 0.5) is 5.69 Å². The second-order valence-corrected chi connectivity index (χ2v) is 8.33. The van der Waals surface area contributed by atoms with Crippen molar-refractivity contribution in [1.29, 1.82) is 0 Å². The number of anilines is 1. The Labute approximate surface area is 177 Å². The van der Waals surface area contributed by atoms with Crippen LogP contribution in [0.25, 0.3) is 10.6 Å². The molecule has 1 saturated heterocycles. The molecule has 1 unspecified atom stereocenters. The van der Waals surface area contributed by atoms with Crippen molar-refractivity contribution in [2.45, 2.75) is 13.0 Å². The van der Waals surface area contributed by atoms with Crippen molar-refractivity contribution < 1.29 is 4.79 Å². The van der Waals surface area contributed by atoms with Gasteiger partial charge in [-0.25, -0.2) is 4.68 Å². The summed E-state index contributed by atoms with van der Waals surface area (Å²) in [6, 6.07) is 14.1. The lowest BCUT2D eigenvalue weighted by molar-refractivity contribution is -0.135. The van der Waals surface area contributed by atoms with E-state index in [0.717, 1.165) is 23.7 Å². The Morgan fingerprint density at radius 3 is 2.45 bits per heavy atom. The molecule has 3 heterocycles. The van der Waals surface area contributed by atoms with Crippen LogP contribution in [-0.2, 0) is 4.79 Å². The molecule has 0 aliphatic carbocycles. The summed E-state index contributed by atoms with van der Waals surface area (Å²) in [5.74, 6) is -0.0846. The highest BCUT2D eigenvalue weighted by molar-refractivity contribution is 7.13. The SMILES string of the molecule is CC(C(=O)N1CCN(c2ccc(Cl)cc2)CC1)n1nc(-c2cccs2)ccc1=O. The maximum Gasteiger partial charge on any atom is 0.267 e. The number of halogens is 1. The highest BCUT2D eigenvalue weighted by Gasteiger charge is 2.27. The average Bonchev–Trinajstić information content (AvgIpc) is 3.29. The second kappa shape index (κ2) is 8.39. The molecule has 0 spiro atoms. The minimum absolute atomic E-state index is 0.0846. The molecule has 0 N–H and O–H groups in total. The van der Waals surface area contributed by atoms with Crippen LogP contribution in [-0.4, -0.2) is 46.8 Å². The molecule has 6 nitrogen and oxygen atoms in total. The number of rotatable bonds is 4. The largest absolute Gasteiger partial charge is 0.368 e. The molecule has 1 aliphatic heterocycles. The Balaban J connectivity index is 1.46. The van der Waals surface area contributed by atoms with Crippen molar-refractivity contribution in [3.8, 4) is 10.6 Å². The maximum absolute atomic E-state index is 13.0. The fourth-order valence-electron chi connectivity index (χ4n) is 3.46. The Kier molecular flexibility index (Phi) is 5.69. The van der Waals surface area contributed by atoms with Crippen LogP contribution >= 0.6 is 22.9 Å². The van der Waals surface area contributed by atoms with Crippen LogP contribution in [0.15, 0.2) is 58.7 Å². The Morgan fingerprint density at radius 2 is 1.79 bits per heavy atom. The quantitative estimate of drug-likeness (QED) is 0.637. The number of hydrogen-bond donors (Lipinski definition) is 0. The van der Waals surface area contributed by atoms with Crippen LogP contribution in [0.1, 0.15) is 13.0 Å². The third kappa shape index (κ3) is 4.21. The zero-order valence-corrected chi connectivity index (χ0v) is 17.6. The van der Waals surface area contributed by atoms with E-state index in [-0.39, 0.29) is 11.5 Å². The summed E-state index contributed by atoms with van der Waals surface area (Å²) in [4.78, 5) is 30.4. The number of nitrogens with zero attached hydrogens (tertiary/aromatic N) is 4. The summed E-state index contributed by atoms with van der Waals surface area (Å²) in [5, 5.41) is 7.11. The summed E-state index contributed by atoms with van der Waals surface area (Å²) in [5.41, 5.74) is 1.52. The summed E-state index contributed by atoms with van der Waals surface area (Å²) in [6.45, 7) is 4.41.